The van der Waals surface area contributed by atoms with Gasteiger partial charge < -0.3 is 10.4 Å². The van der Waals surface area contributed by atoms with Crippen molar-refractivity contribution in [2.75, 3.05) is 7.05 Å². The molecule has 0 unspecified atom stereocenters. The van der Waals surface area contributed by atoms with Crippen LogP contribution in [0.2, 0.25) is 0 Å². The van der Waals surface area contributed by atoms with Crippen molar-refractivity contribution in [1.29, 1.82) is 0 Å². The smallest absolute Gasteiger partial charge is 0.251 e. The third-order valence-corrected chi connectivity index (χ3v) is 2.75. The second-order valence-electron chi connectivity index (χ2n) is 3.79. The molecule has 3 heteroatoms. The van der Waals surface area contributed by atoms with Crippen molar-refractivity contribution in [1.82, 2.24) is 5.32 Å². The van der Waals surface area contributed by atoms with Gasteiger partial charge in [-0.25, -0.2) is 0 Å². The Morgan fingerprint density at radius 3 is 2.42 bits per heavy atom. The fourth-order valence-electron chi connectivity index (χ4n) is 1.70. The molecular formula is C9H17NO2. The molecular weight excluding hydrogens is 154 g/mol. The maximum Gasteiger partial charge on any atom is 0.251 e. The minimum atomic E-state index is -1.08. The third kappa shape index (κ3) is 1.78. The van der Waals surface area contributed by atoms with Crippen molar-refractivity contribution in [3.8, 4) is 0 Å². The predicted molar refractivity (Wildman–Crippen MR) is 46.6 cm³/mol. The molecule has 1 amide bonds. The number of carbonyl (C=O) groups excluding carboxylic acids is 1. The van der Waals surface area contributed by atoms with Gasteiger partial charge in [0.2, 0.25) is 0 Å². The summed E-state index contributed by atoms with van der Waals surface area (Å²) >= 11 is 0. The minimum Gasteiger partial charge on any atom is -0.380 e. The Morgan fingerprint density at radius 2 is 2.00 bits per heavy atom. The first kappa shape index (κ1) is 9.52. The number of carbonyl (C=O) groups is 1. The Balaban J connectivity index is 2.55. The molecule has 0 bridgehead atoms. The second-order valence-corrected chi connectivity index (χ2v) is 3.79. The molecule has 0 aromatic rings. The van der Waals surface area contributed by atoms with Crippen LogP contribution < -0.4 is 5.32 Å². The summed E-state index contributed by atoms with van der Waals surface area (Å²) in [6.07, 6.45) is 3.11. The molecule has 1 saturated carbocycles. The Morgan fingerprint density at radius 1 is 1.50 bits per heavy atom. The zero-order valence-corrected chi connectivity index (χ0v) is 7.76. The van der Waals surface area contributed by atoms with Crippen LogP contribution in [0.1, 0.15) is 32.6 Å². The van der Waals surface area contributed by atoms with E-state index >= 15 is 0 Å². The first-order valence-corrected chi connectivity index (χ1v) is 4.53. The van der Waals surface area contributed by atoms with Crippen molar-refractivity contribution in [2.45, 2.75) is 38.2 Å². The van der Waals surface area contributed by atoms with Gasteiger partial charge in [0.15, 0.2) is 0 Å². The highest BCUT2D eigenvalue weighted by Crippen LogP contribution is 2.31. The fraction of sp³-hybridized carbons (Fsp3) is 0.889. The van der Waals surface area contributed by atoms with Gasteiger partial charge in [-0.05, 0) is 31.6 Å². The van der Waals surface area contributed by atoms with Crippen LogP contribution in [0.15, 0.2) is 0 Å². The van der Waals surface area contributed by atoms with E-state index < -0.39 is 5.60 Å². The monoisotopic (exact) mass is 171 g/mol. The van der Waals surface area contributed by atoms with Gasteiger partial charge in [-0.2, -0.15) is 0 Å². The van der Waals surface area contributed by atoms with Crippen molar-refractivity contribution in [3.05, 3.63) is 0 Å². The molecule has 1 aliphatic rings. The van der Waals surface area contributed by atoms with E-state index in [9.17, 15) is 9.90 Å². The van der Waals surface area contributed by atoms with Crippen molar-refractivity contribution >= 4 is 5.91 Å². The standard InChI is InChI=1S/C9H17NO2/c1-7-3-5-9(12,6-4-7)8(11)10-2/h7,12H,3-6H2,1-2H3,(H,10,11)/t7-,9-. The molecule has 0 radical (unpaired) electrons. The Labute approximate surface area is 73.2 Å². The molecule has 0 saturated heterocycles. The molecule has 0 aromatic carbocycles. The summed E-state index contributed by atoms with van der Waals surface area (Å²) in [5, 5.41) is 12.3. The van der Waals surface area contributed by atoms with Crippen molar-refractivity contribution < 1.29 is 9.90 Å². The van der Waals surface area contributed by atoms with Gasteiger partial charge in [-0.1, -0.05) is 6.92 Å². The first-order chi connectivity index (χ1) is 5.58. The molecule has 0 spiro atoms. The quantitative estimate of drug-likeness (QED) is 0.609. The van der Waals surface area contributed by atoms with Gasteiger partial charge in [0.1, 0.15) is 5.60 Å². The van der Waals surface area contributed by atoms with Gasteiger partial charge in [0.05, 0.1) is 0 Å². The van der Waals surface area contributed by atoms with E-state index in [2.05, 4.69) is 12.2 Å². The third-order valence-electron chi connectivity index (χ3n) is 2.75. The van der Waals surface area contributed by atoms with E-state index in [0.717, 1.165) is 12.8 Å². The number of amides is 1. The molecule has 0 aliphatic heterocycles. The number of nitrogens with one attached hydrogen (secondary N) is 1. The van der Waals surface area contributed by atoms with Crippen LogP contribution >= 0.6 is 0 Å². The van der Waals surface area contributed by atoms with Gasteiger partial charge >= 0.3 is 0 Å². The summed E-state index contributed by atoms with van der Waals surface area (Å²) in [7, 11) is 1.57. The van der Waals surface area contributed by atoms with E-state index in [4.69, 9.17) is 0 Å². The number of likely N-dealkylation sites (N-methyl/N-ethyl adjacent to an activating group) is 1. The lowest BCUT2D eigenvalue weighted by atomic mass is 9.79. The lowest BCUT2D eigenvalue weighted by Gasteiger charge is -2.32. The van der Waals surface area contributed by atoms with E-state index in [1.54, 1.807) is 7.05 Å². The highest BCUT2D eigenvalue weighted by Gasteiger charge is 2.37. The van der Waals surface area contributed by atoms with Gasteiger partial charge in [-0.15, -0.1) is 0 Å². The molecule has 1 fully saturated rings. The van der Waals surface area contributed by atoms with E-state index in [1.807, 2.05) is 0 Å². The summed E-state index contributed by atoms with van der Waals surface area (Å²) in [4.78, 5) is 11.2. The van der Waals surface area contributed by atoms with E-state index in [1.165, 1.54) is 0 Å². The topological polar surface area (TPSA) is 49.3 Å². The SMILES string of the molecule is CNC(=O)[C@]1(O)CC[C@H](C)CC1. The molecule has 70 valence electrons. The summed E-state index contributed by atoms with van der Waals surface area (Å²) in [5.74, 6) is 0.421. The Kier molecular flexibility index (Phi) is 2.73. The number of hydrogen-bond donors (Lipinski definition) is 2. The number of rotatable bonds is 1. The van der Waals surface area contributed by atoms with Crippen LogP contribution in [0.5, 0.6) is 0 Å². The number of hydrogen-bond acceptors (Lipinski definition) is 2. The molecule has 1 rings (SSSR count). The average molecular weight is 171 g/mol. The lowest BCUT2D eigenvalue weighted by molar-refractivity contribution is -0.143. The van der Waals surface area contributed by atoms with Crippen LogP contribution in [0.3, 0.4) is 0 Å². The van der Waals surface area contributed by atoms with Crippen LogP contribution in [0.4, 0.5) is 0 Å². The predicted octanol–water partition coefficient (Wildman–Crippen LogP) is 0.674. The highest BCUT2D eigenvalue weighted by atomic mass is 16.3. The summed E-state index contributed by atoms with van der Waals surface area (Å²) in [6.45, 7) is 2.16. The summed E-state index contributed by atoms with van der Waals surface area (Å²) < 4.78 is 0. The molecule has 0 aromatic heterocycles. The zero-order chi connectivity index (χ0) is 9.19. The number of aliphatic hydroxyl groups is 1. The minimum absolute atomic E-state index is 0.227. The van der Waals surface area contributed by atoms with Crippen LogP contribution in [0, 0.1) is 5.92 Å². The van der Waals surface area contributed by atoms with Crippen LogP contribution in [-0.4, -0.2) is 23.7 Å². The average Bonchev–Trinajstić information content (AvgIpc) is 2.09. The molecule has 12 heavy (non-hydrogen) atoms. The molecule has 0 atom stereocenters. The van der Waals surface area contributed by atoms with Gasteiger partial charge in [-0.3, -0.25) is 4.79 Å². The Bertz CT molecular complexity index is 171. The van der Waals surface area contributed by atoms with Crippen LogP contribution in [-0.2, 0) is 4.79 Å². The Hall–Kier alpha value is -0.570. The lowest BCUT2D eigenvalue weighted by Crippen LogP contribution is -2.47. The second kappa shape index (κ2) is 3.44. The summed E-state index contributed by atoms with van der Waals surface area (Å²) in [6, 6.07) is 0. The molecule has 0 heterocycles. The van der Waals surface area contributed by atoms with Crippen molar-refractivity contribution in [2.24, 2.45) is 5.92 Å². The fourth-order valence-corrected chi connectivity index (χ4v) is 1.70. The van der Waals surface area contributed by atoms with Crippen LogP contribution in [0.25, 0.3) is 0 Å². The largest absolute Gasteiger partial charge is 0.380 e. The highest BCUT2D eigenvalue weighted by molar-refractivity contribution is 5.84. The van der Waals surface area contributed by atoms with E-state index in [0.29, 0.717) is 18.8 Å². The summed E-state index contributed by atoms with van der Waals surface area (Å²) in [5.41, 5.74) is -1.08. The maximum atomic E-state index is 11.2. The van der Waals surface area contributed by atoms with Gasteiger partial charge in [0, 0.05) is 7.05 Å². The zero-order valence-electron chi connectivity index (χ0n) is 7.76. The first-order valence-electron chi connectivity index (χ1n) is 4.53. The molecule has 1 aliphatic carbocycles. The molecule has 2 N–H and O–H groups in total. The maximum absolute atomic E-state index is 11.2. The van der Waals surface area contributed by atoms with Crippen molar-refractivity contribution in [3.63, 3.8) is 0 Å². The van der Waals surface area contributed by atoms with E-state index in [-0.39, 0.29) is 5.91 Å². The van der Waals surface area contributed by atoms with Gasteiger partial charge in [0.25, 0.3) is 5.91 Å². The normalized spacial score (nSPS) is 36.1. The molecule has 3 nitrogen and oxygen atoms in total.